The molecule has 2 amide bonds. The van der Waals surface area contributed by atoms with Crippen molar-refractivity contribution in [2.75, 3.05) is 19.6 Å². The molecule has 0 radical (unpaired) electrons. The van der Waals surface area contributed by atoms with E-state index in [1.54, 1.807) is 0 Å². The average Bonchev–Trinajstić information content (AvgIpc) is 2.55. The van der Waals surface area contributed by atoms with Crippen LogP contribution in [-0.4, -0.2) is 41.9 Å². The summed E-state index contributed by atoms with van der Waals surface area (Å²) in [6.45, 7) is 4.22. The maximum absolute atomic E-state index is 12.7. The average molecular weight is 309 g/mol. The van der Waals surface area contributed by atoms with Gasteiger partial charge in [0.1, 0.15) is 0 Å². The molecular formula is C17H31N3O2. The zero-order chi connectivity index (χ0) is 16.0. The summed E-state index contributed by atoms with van der Waals surface area (Å²) in [5.74, 6) is 0.318. The molecule has 2 rings (SSSR count). The second kappa shape index (κ2) is 7.95. The predicted octanol–water partition coefficient (Wildman–Crippen LogP) is 1.80. The number of rotatable bonds is 5. The number of nitrogens with two attached hydrogens (primary N) is 1. The lowest BCUT2D eigenvalue weighted by Gasteiger charge is -2.39. The van der Waals surface area contributed by atoms with E-state index in [1.165, 1.54) is 6.42 Å². The third-order valence-corrected chi connectivity index (χ3v) is 5.15. The minimum absolute atomic E-state index is 0.0565. The number of likely N-dealkylation sites (tertiary alicyclic amines) is 1. The molecule has 22 heavy (non-hydrogen) atoms. The highest BCUT2D eigenvalue weighted by molar-refractivity contribution is 5.86. The molecule has 5 nitrogen and oxygen atoms in total. The van der Waals surface area contributed by atoms with Gasteiger partial charge >= 0.3 is 0 Å². The molecule has 0 aromatic carbocycles. The maximum atomic E-state index is 12.7. The number of nitrogens with zero attached hydrogens (tertiary/aromatic N) is 1. The summed E-state index contributed by atoms with van der Waals surface area (Å²) >= 11 is 0. The van der Waals surface area contributed by atoms with Gasteiger partial charge in [-0.05, 0) is 32.1 Å². The van der Waals surface area contributed by atoms with Gasteiger partial charge in [0, 0.05) is 25.6 Å². The molecule has 1 saturated heterocycles. The first-order valence-electron chi connectivity index (χ1n) is 8.93. The fourth-order valence-corrected chi connectivity index (χ4v) is 3.59. The molecular weight excluding hydrogens is 278 g/mol. The Balaban J connectivity index is 1.79. The topological polar surface area (TPSA) is 75.4 Å². The molecule has 5 heteroatoms. The Morgan fingerprint density at radius 1 is 1.18 bits per heavy atom. The highest BCUT2D eigenvalue weighted by Gasteiger charge is 2.39. The van der Waals surface area contributed by atoms with Crippen LogP contribution in [0.3, 0.4) is 0 Å². The zero-order valence-corrected chi connectivity index (χ0v) is 13.9. The molecule has 126 valence electrons. The normalized spacial score (nSPS) is 22.4. The number of carbonyl (C=O) groups excluding carboxylic acids is 2. The van der Waals surface area contributed by atoms with Crippen molar-refractivity contribution in [2.24, 2.45) is 11.7 Å². The van der Waals surface area contributed by atoms with Crippen LogP contribution in [0.15, 0.2) is 0 Å². The van der Waals surface area contributed by atoms with Crippen LogP contribution in [0.4, 0.5) is 0 Å². The van der Waals surface area contributed by atoms with Crippen molar-refractivity contribution in [1.82, 2.24) is 10.2 Å². The second-order valence-corrected chi connectivity index (χ2v) is 6.93. The van der Waals surface area contributed by atoms with Crippen LogP contribution in [0.2, 0.25) is 0 Å². The van der Waals surface area contributed by atoms with Gasteiger partial charge in [-0.1, -0.05) is 32.6 Å². The third-order valence-electron chi connectivity index (χ3n) is 5.15. The van der Waals surface area contributed by atoms with E-state index in [0.29, 0.717) is 13.1 Å². The van der Waals surface area contributed by atoms with Gasteiger partial charge in [-0.3, -0.25) is 9.59 Å². The maximum Gasteiger partial charge on any atom is 0.242 e. The number of hydrogen-bond acceptors (Lipinski definition) is 3. The zero-order valence-electron chi connectivity index (χ0n) is 13.9. The highest BCUT2D eigenvalue weighted by Crippen LogP contribution is 2.29. The Morgan fingerprint density at radius 3 is 2.41 bits per heavy atom. The summed E-state index contributed by atoms with van der Waals surface area (Å²) in [6, 6.07) is 0. The lowest BCUT2D eigenvalue weighted by Crippen LogP contribution is -2.58. The Bertz CT molecular complexity index is 383. The number of carbonyl (C=O) groups is 2. The van der Waals surface area contributed by atoms with Gasteiger partial charge in [0.15, 0.2) is 0 Å². The van der Waals surface area contributed by atoms with E-state index in [4.69, 9.17) is 5.73 Å². The highest BCUT2D eigenvalue weighted by atomic mass is 16.2. The second-order valence-electron chi connectivity index (χ2n) is 6.93. The number of nitrogens with one attached hydrogen (secondary N) is 1. The number of unbranched alkanes of at least 4 members (excludes halogenated alkanes) is 1. The molecule has 0 aromatic rings. The monoisotopic (exact) mass is 309 g/mol. The van der Waals surface area contributed by atoms with Crippen LogP contribution in [0.25, 0.3) is 0 Å². The summed E-state index contributed by atoms with van der Waals surface area (Å²) in [7, 11) is 0. The minimum atomic E-state index is -0.644. The first-order valence-corrected chi connectivity index (χ1v) is 8.93. The van der Waals surface area contributed by atoms with Gasteiger partial charge < -0.3 is 16.0 Å². The molecule has 1 saturated carbocycles. The summed E-state index contributed by atoms with van der Waals surface area (Å²) < 4.78 is 0. The molecule has 1 heterocycles. The van der Waals surface area contributed by atoms with Crippen LogP contribution in [0.1, 0.15) is 64.7 Å². The Morgan fingerprint density at radius 2 is 1.82 bits per heavy atom. The van der Waals surface area contributed by atoms with E-state index >= 15 is 0 Å². The lowest BCUT2D eigenvalue weighted by molar-refractivity contribution is -0.141. The van der Waals surface area contributed by atoms with Crippen LogP contribution in [0, 0.1) is 5.92 Å². The number of hydrogen-bond donors (Lipinski definition) is 2. The van der Waals surface area contributed by atoms with Crippen molar-refractivity contribution in [3.05, 3.63) is 0 Å². The molecule has 0 aromatic heterocycles. The molecule has 0 unspecified atom stereocenters. The van der Waals surface area contributed by atoms with Crippen molar-refractivity contribution in [3.63, 3.8) is 0 Å². The molecule has 2 aliphatic rings. The summed E-state index contributed by atoms with van der Waals surface area (Å²) in [4.78, 5) is 26.6. The van der Waals surface area contributed by atoms with Gasteiger partial charge in [-0.25, -0.2) is 0 Å². The van der Waals surface area contributed by atoms with Crippen molar-refractivity contribution < 1.29 is 9.59 Å². The lowest BCUT2D eigenvalue weighted by atomic mass is 9.81. The Labute approximate surface area is 134 Å². The minimum Gasteiger partial charge on any atom is -0.356 e. The van der Waals surface area contributed by atoms with Gasteiger partial charge in [0.05, 0.1) is 5.54 Å². The SMILES string of the molecule is CCCCNC(=O)C1CCN(C(=O)C2(N)CCCCC2)CC1. The van der Waals surface area contributed by atoms with Crippen LogP contribution in [-0.2, 0) is 9.59 Å². The van der Waals surface area contributed by atoms with Gasteiger partial charge in [0.2, 0.25) is 11.8 Å². The van der Waals surface area contributed by atoms with Gasteiger partial charge in [-0.15, -0.1) is 0 Å². The summed E-state index contributed by atoms with van der Waals surface area (Å²) in [5, 5.41) is 3.00. The van der Waals surface area contributed by atoms with Gasteiger partial charge in [0.25, 0.3) is 0 Å². The quantitative estimate of drug-likeness (QED) is 0.760. The van der Waals surface area contributed by atoms with Crippen LogP contribution >= 0.6 is 0 Å². The molecule has 1 aliphatic heterocycles. The van der Waals surface area contributed by atoms with Crippen molar-refractivity contribution in [2.45, 2.75) is 70.3 Å². The predicted molar refractivity (Wildman–Crippen MR) is 87.2 cm³/mol. The van der Waals surface area contributed by atoms with E-state index in [2.05, 4.69) is 12.2 Å². The number of amides is 2. The van der Waals surface area contributed by atoms with Crippen LogP contribution in [0.5, 0.6) is 0 Å². The van der Waals surface area contributed by atoms with Crippen molar-refractivity contribution in [1.29, 1.82) is 0 Å². The summed E-state index contributed by atoms with van der Waals surface area (Å²) in [5.41, 5.74) is 5.69. The third kappa shape index (κ3) is 4.22. The Hall–Kier alpha value is -1.10. The molecule has 3 N–H and O–H groups in total. The molecule has 0 bridgehead atoms. The van der Waals surface area contributed by atoms with Gasteiger partial charge in [-0.2, -0.15) is 0 Å². The summed E-state index contributed by atoms with van der Waals surface area (Å²) in [6.07, 6.45) is 8.56. The molecule has 0 spiro atoms. The van der Waals surface area contributed by atoms with Crippen LogP contribution < -0.4 is 11.1 Å². The molecule has 2 fully saturated rings. The van der Waals surface area contributed by atoms with E-state index in [1.807, 2.05) is 4.90 Å². The van der Waals surface area contributed by atoms with E-state index < -0.39 is 5.54 Å². The number of piperidine rings is 1. The fourth-order valence-electron chi connectivity index (χ4n) is 3.59. The fraction of sp³-hybridized carbons (Fsp3) is 0.882. The standard InChI is InChI=1S/C17H31N3O2/c1-2-3-11-19-15(21)14-7-12-20(13-8-14)16(22)17(18)9-5-4-6-10-17/h14H,2-13,18H2,1H3,(H,19,21). The van der Waals surface area contributed by atoms with E-state index in [0.717, 1.165) is 57.9 Å². The van der Waals surface area contributed by atoms with Crippen molar-refractivity contribution >= 4 is 11.8 Å². The molecule has 0 atom stereocenters. The largest absolute Gasteiger partial charge is 0.356 e. The first-order chi connectivity index (χ1) is 10.6. The molecule has 1 aliphatic carbocycles. The Kier molecular flexibility index (Phi) is 6.24. The smallest absolute Gasteiger partial charge is 0.242 e. The van der Waals surface area contributed by atoms with Crippen molar-refractivity contribution in [3.8, 4) is 0 Å². The van der Waals surface area contributed by atoms with E-state index in [-0.39, 0.29) is 17.7 Å². The van der Waals surface area contributed by atoms with E-state index in [9.17, 15) is 9.59 Å². The first kappa shape index (κ1) is 17.3.